The Hall–Kier alpha value is -2.44. The molecule has 0 saturated heterocycles. The Labute approximate surface area is 250 Å². The van der Waals surface area contributed by atoms with E-state index in [9.17, 15) is 0 Å². The molecule has 0 fully saturated rings. The van der Waals surface area contributed by atoms with Crippen LogP contribution in [0.4, 0.5) is 0 Å². The normalized spacial score (nSPS) is 12.0. The molecule has 0 aliphatic rings. The minimum Gasteiger partial charge on any atom is -0.491 e. The molecule has 0 bridgehead atoms. The van der Waals surface area contributed by atoms with Gasteiger partial charge in [-0.15, -0.1) is 0 Å². The van der Waals surface area contributed by atoms with Crippen LogP contribution < -0.4 is 15.1 Å². The van der Waals surface area contributed by atoms with Crippen LogP contribution in [0, 0.1) is 0 Å². The summed E-state index contributed by atoms with van der Waals surface area (Å²) in [5, 5.41) is 2.54. The summed E-state index contributed by atoms with van der Waals surface area (Å²) in [5.41, 5.74) is 1.39. The van der Waals surface area contributed by atoms with E-state index in [-0.39, 0.29) is 5.04 Å². The van der Waals surface area contributed by atoms with E-state index in [4.69, 9.17) is 18.6 Å². The highest BCUT2D eigenvalue weighted by atomic mass is 28.4. The van der Waals surface area contributed by atoms with Crippen molar-refractivity contribution >= 4 is 18.7 Å². The van der Waals surface area contributed by atoms with Gasteiger partial charge < -0.3 is 18.6 Å². The van der Waals surface area contributed by atoms with Gasteiger partial charge in [0.15, 0.2) is 0 Å². The minimum atomic E-state index is -2.51. The van der Waals surface area contributed by atoms with Gasteiger partial charge in [-0.05, 0) is 45.9 Å². The molecule has 224 valence electrons. The van der Waals surface area contributed by atoms with Crippen molar-refractivity contribution in [2.24, 2.45) is 0 Å². The van der Waals surface area contributed by atoms with Crippen molar-refractivity contribution in [1.82, 2.24) is 0 Å². The maximum Gasteiger partial charge on any atom is 0.261 e. The van der Waals surface area contributed by atoms with Crippen molar-refractivity contribution in [3.8, 4) is 5.75 Å². The van der Waals surface area contributed by atoms with Crippen molar-refractivity contribution in [2.75, 3.05) is 39.6 Å². The van der Waals surface area contributed by atoms with Gasteiger partial charge >= 0.3 is 0 Å². The van der Waals surface area contributed by atoms with E-state index in [0.29, 0.717) is 39.6 Å². The average molecular weight is 577 g/mol. The minimum absolute atomic E-state index is 0.0347. The molecule has 5 heteroatoms. The lowest BCUT2D eigenvalue weighted by atomic mass is 10.0. The Morgan fingerprint density at radius 2 is 1.07 bits per heavy atom. The standard InChI is InChI=1S/C36H52O4Si/c1-5-6-7-8-9-12-17-32-22-24-33(25-23-32)39-30-28-37-26-27-38-29-31-40-41(36(2,3)4,34-18-13-10-14-19-34)35-20-15-11-16-21-35/h10-11,13-16,18-25H,5-9,12,17,26-31H2,1-4H3. The number of unbranched alkanes of at least 4 members (excludes halogenated alkanes) is 5. The van der Waals surface area contributed by atoms with Crippen molar-refractivity contribution in [3.63, 3.8) is 0 Å². The zero-order chi connectivity index (χ0) is 29.2. The fraction of sp³-hybridized carbons (Fsp3) is 0.500. The summed E-state index contributed by atoms with van der Waals surface area (Å²) in [6.07, 6.45) is 9.14. The molecule has 0 unspecified atom stereocenters. The molecular formula is C36H52O4Si. The van der Waals surface area contributed by atoms with E-state index >= 15 is 0 Å². The molecule has 0 heterocycles. The predicted molar refractivity (Wildman–Crippen MR) is 174 cm³/mol. The number of ether oxygens (including phenoxy) is 3. The molecule has 0 spiro atoms. The summed E-state index contributed by atoms with van der Waals surface area (Å²) in [6.45, 7) is 12.4. The van der Waals surface area contributed by atoms with Crippen molar-refractivity contribution in [1.29, 1.82) is 0 Å². The van der Waals surface area contributed by atoms with E-state index in [1.54, 1.807) is 0 Å². The molecule has 3 aromatic rings. The number of hydrogen-bond donors (Lipinski definition) is 0. The highest BCUT2D eigenvalue weighted by Crippen LogP contribution is 2.36. The molecule has 0 aliphatic carbocycles. The Morgan fingerprint density at radius 3 is 1.63 bits per heavy atom. The van der Waals surface area contributed by atoms with Gasteiger partial charge in [0.05, 0.1) is 33.0 Å². The van der Waals surface area contributed by atoms with Gasteiger partial charge in [0, 0.05) is 0 Å². The van der Waals surface area contributed by atoms with Crippen LogP contribution in [0.15, 0.2) is 84.9 Å². The molecule has 3 aromatic carbocycles. The van der Waals surface area contributed by atoms with Crippen LogP contribution >= 0.6 is 0 Å². The number of aryl methyl sites for hydroxylation is 1. The second-order valence-electron chi connectivity index (χ2n) is 11.7. The van der Waals surface area contributed by atoms with Gasteiger partial charge in [-0.2, -0.15) is 0 Å². The van der Waals surface area contributed by atoms with Crippen LogP contribution in [0.25, 0.3) is 0 Å². The smallest absolute Gasteiger partial charge is 0.261 e. The zero-order valence-electron chi connectivity index (χ0n) is 25.9. The maximum atomic E-state index is 6.86. The van der Waals surface area contributed by atoms with Crippen molar-refractivity contribution in [2.45, 2.75) is 77.7 Å². The van der Waals surface area contributed by atoms with Gasteiger partial charge in [-0.1, -0.05) is 133 Å². The monoisotopic (exact) mass is 576 g/mol. The summed E-state index contributed by atoms with van der Waals surface area (Å²) in [6, 6.07) is 29.9. The second kappa shape index (κ2) is 18.2. The fourth-order valence-corrected chi connectivity index (χ4v) is 9.96. The lowest BCUT2D eigenvalue weighted by Gasteiger charge is -2.43. The lowest BCUT2D eigenvalue weighted by Crippen LogP contribution is -2.66. The van der Waals surface area contributed by atoms with Crippen molar-refractivity contribution < 1.29 is 18.6 Å². The SMILES string of the molecule is CCCCCCCCc1ccc(OCCOCCOCCO[Si](c2ccccc2)(c2ccccc2)C(C)(C)C)cc1. The first-order valence-corrected chi connectivity index (χ1v) is 17.5. The molecule has 0 saturated carbocycles. The van der Waals surface area contributed by atoms with Crippen LogP contribution in [0.1, 0.15) is 71.8 Å². The largest absolute Gasteiger partial charge is 0.491 e. The Morgan fingerprint density at radius 1 is 0.561 bits per heavy atom. The highest BCUT2D eigenvalue weighted by molar-refractivity contribution is 6.99. The second-order valence-corrected chi connectivity index (χ2v) is 16.1. The van der Waals surface area contributed by atoms with Gasteiger partial charge in [0.1, 0.15) is 12.4 Å². The number of hydrogen-bond acceptors (Lipinski definition) is 4. The van der Waals surface area contributed by atoms with Crippen LogP contribution in [-0.4, -0.2) is 48.0 Å². The van der Waals surface area contributed by atoms with Gasteiger partial charge in [-0.25, -0.2) is 0 Å². The molecule has 0 radical (unpaired) electrons. The molecule has 0 N–H and O–H groups in total. The quantitative estimate of drug-likeness (QED) is 0.103. The van der Waals surface area contributed by atoms with Gasteiger partial charge in [0.2, 0.25) is 0 Å². The first-order chi connectivity index (χ1) is 20.0. The third-order valence-corrected chi connectivity index (χ3v) is 12.6. The average Bonchev–Trinajstić information content (AvgIpc) is 2.99. The molecule has 0 aromatic heterocycles. The molecular weight excluding hydrogens is 524 g/mol. The molecule has 0 atom stereocenters. The van der Waals surface area contributed by atoms with Gasteiger partial charge in [0.25, 0.3) is 8.32 Å². The third kappa shape index (κ3) is 10.7. The Balaban J connectivity index is 1.32. The summed E-state index contributed by atoms with van der Waals surface area (Å²) in [4.78, 5) is 0. The van der Waals surface area contributed by atoms with E-state index in [1.807, 2.05) is 0 Å². The lowest BCUT2D eigenvalue weighted by molar-refractivity contribution is 0.0264. The first-order valence-electron chi connectivity index (χ1n) is 15.6. The molecule has 0 amide bonds. The number of rotatable bonds is 20. The maximum absolute atomic E-state index is 6.86. The molecule has 4 nitrogen and oxygen atoms in total. The predicted octanol–water partition coefficient (Wildman–Crippen LogP) is 7.58. The number of benzene rings is 3. The van der Waals surface area contributed by atoms with E-state index in [2.05, 4.69) is 113 Å². The zero-order valence-corrected chi connectivity index (χ0v) is 26.9. The van der Waals surface area contributed by atoms with E-state index in [0.717, 1.165) is 12.2 Å². The summed E-state index contributed by atoms with van der Waals surface area (Å²) in [7, 11) is -2.51. The Bertz CT molecular complexity index is 1020. The first kappa shape index (κ1) is 33.1. The molecule has 3 rings (SSSR count). The molecule has 0 aliphatic heterocycles. The summed E-state index contributed by atoms with van der Waals surface area (Å²) >= 11 is 0. The van der Waals surface area contributed by atoms with Crippen LogP contribution in [0.3, 0.4) is 0 Å². The van der Waals surface area contributed by atoms with Crippen LogP contribution in [0.5, 0.6) is 5.75 Å². The summed E-state index contributed by atoms with van der Waals surface area (Å²) in [5.74, 6) is 0.900. The fourth-order valence-electron chi connectivity index (χ4n) is 5.42. The topological polar surface area (TPSA) is 36.9 Å². The highest BCUT2D eigenvalue weighted by Gasteiger charge is 2.49. The van der Waals surface area contributed by atoms with Crippen LogP contribution in [-0.2, 0) is 20.3 Å². The van der Waals surface area contributed by atoms with E-state index < -0.39 is 8.32 Å². The van der Waals surface area contributed by atoms with Crippen molar-refractivity contribution in [3.05, 3.63) is 90.5 Å². The third-order valence-electron chi connectivity index (χ3n) is 7.57. The molecule has 41 heavy (non-hydrogen) atoms. The van der Waals surface area contributed by atoms with E-state index in [1.165, 1.54) is 54.5 Å². The van der Waals surface area contributed by atoms with Crippen LogP contribution in [0.2, 0.25) is 5.04 Å². The summed E-state index contributed by atoms with van der Waals surface area (Å²) < 4.78 is 24.3. The Kier molecular flexibility index (Phi) is 14.7. The van der Waals surface area contributed by atoms with Gasteiger partial charge in [-0.3, -0.25) is 0 Å².